The van der Waals surface area contributed by atoms with Gasteiger partial charge in [0.2, 0.25) is 0 Å². The van der Waals surface area contributed by atoms with Crippen LogP contribution in [0.5, 0.6) is 0 Å². The highest BCUT2D eigenvalue weighted by molar-refractivity contribution is 5.71. The summed E-state index contributed by atoms with van der Waals surface area (Å²) in [4.78, 5) is 11.7. The summed E-state index contributed by atoms with van der Waals surface area (Å²) in [5.41, 5.74) is 0. The van der Waals surface area contributed by atoms with Crippen LogP contribution in [0, 0.1) is 5.92 Å². The van der Waals surface area contributed by atoms with Crippen LogP contribution < -0.4 is 0 Å². The third kappa shape index (κ3) is 9.07. The van der Waals surface area contributed by atoms with Crippen molar-refractivity contribution in [2.45, 2.75) is 90.4 Å². The van der Waals surface area contributed by atoms with E-state index in [2.05, 4.69) is 0 Å². The standard InChI is InChI=1S/C17H32O2/c1-16-14-12-10-8-6-4-2-3-5-7-9-11-13-15-19-17(16)18/h16H,2-15H2,1H3. The van der Waals surface area contributed by atoms with Gasteiger partial charge in [-0.15, -0.1) is 0 Å². The van der Waals surface area contributed by atoms with E-state index in [0.29, 0.717) is 6.61 Å². The quantitative estimate of drug-likeness (QED) is 0.561. The largest absolute Gasteiger partial charge is 0.465 e. The van der Waals surface area contributed by atoms with E-state index in [9.17, 15) is 4.79 Å². The fourth-order valence-corrected chi connectivity index (χ4v) is 2.75. The van der Waals surface area contributed by atoms with Gasteiger partial charge in [-0.2, -0.15) is 0 Å². The van der Waals surface area contributed by atoms with Crippen LogP contribution in [0.2, 0.25) is 0 Å². The van der Waals surface area contributed by atoms with Crippen molar-refractivity contribution < 1.29 is 9.53 Å². The molecule has 2 nitrogen and oxygen atoms in total. The molecule has 19 heavy (non-hydrogen) atoms. The van der Waals surface area contributed by atoms with E-state index in [-0.39, 0.29) is 11.9 Å². The molecule has 0 saturated carbocycles. The molecule has 1 fully saturated rings. The van der Waals surface area contributed by atoms with E-state index in [1.165, 1.54) is 70.6 Å². The molecule has 0 spiro atoms. The van der Waals surface area contributed by atoms with Crippen LogP contribution in [0.25, 0.3) is 0 Å². The van der Waals surface area contributed by atoms with Gasteiger partial charge in [0.1, 0.15) is 0 Å². The molecule has 0 aromatic heterocycles. The smallest absolute Gasteiger partial charge is 0.308 e. The third-order valence-electron chi connectivity index (χ3n) is 4.18. The molecule has 1 unspecified atom stereocenters. The molecule has 1 rings (SSSR count). The topological polar surface area (TPSA) is 26.3 Å². The number of carbonyl (C=O) groups excluding carboxylic acids is 1. The number of hydrogen-bond donors (Lipinski definition) is 0. The van der Waals surface area contributed by atoms with Gasteiger partial charge in [0.05, 0.1) is 12.5 Å². The highest BCUT2D eigenvalue weighted by Crippen LogP contribution is 2.16. The van der Waals surface area contributed by atoms with E-state index in [0.717, 1.165) is 12.8 Å². The molecule has 0 N–H and O–H groups in total. The Bertz CT molecular complexity index is 225. The van der Waals surface area contributed by atoms with Gasteiger partial charge in [-0.05, 0) is 12.8 Å². The zero-order chi connectivity index (χ0) is 13.8. The van der Waals surface area contributed by atoms with Gasteiger partial charge in [-0.25, -0.2) is 0 Å². The fourth-order valence-electron chi connectivity index (χ4n) is 2.75. The molecule has 112 valence electrons. The average Bonchev–Trinajstić information content (AvgIpc) is 2.41. The second-order valence-electron chi connectivity index (χ2n) is 6.10. The minimum Gasteiger partial charge on any atom is -0.465 e. The molecule has 0 aromatic rings. The number of rotatable bonds is 0. The van der Waals surface area contributed by atoms with Gasteiger partial charge < -0.3 is 4.74 Å². The van der Waals surface area contributed by atoms with Crippen LogP contribution in [-0.2, 0) is 9.53 Å². The van der Waals surface area contributed by atoms with Crippen molar-refractivity contribution >= 4 is 5.97 Å². The lowest BCUT2D eigenvalue weighted by molar-refractivity contribution is -0.148. The molecule has 0 bridgehead atoms. The maximum atomic E-state index is 11.7. The molecule has 1 atom stereocenters. The summed E-state index contributed by atoms with van der Waals surface area (Å²) in [6.45, 7) is 2.64. The maximum absolute atomic E-state index is 11.7. The normalized spacial score (nSPS) is 26.4. The summed E-state index contributed by atoms with van der Waals surface area (Å²) in [5.74, 6) is 0.111. The molecule has 0 aliphatic carbocycles. The van der Waals surface area contributed by atoms with Gasteiger partial charge in [-0.1, -0.05) is 77.6 Å². The van der Waals surface area contributed by atoms with E-state index >= 15 is 0 Å². The van der Waals surface area contributed by atoms with Gasteiger partial charge in [-0.3, -0.25) is 4.79 Å². The van der Waals surface area contributed by atoms with Gasteiger partial charge >= 0.3 is 5.97 Å². The minimum atomic E-state index is 0.0179. The summed E-state index contributed by atoms with van der Waals surface area (Å²) in [5, 5.41) is 0. The van der Waals surface area contributed by atoms with Crippen molar-refractivity contribution in [3.8, 4) is 0 Å². The Morgan fingerprint density at radius 2 is 1.16 bits per heavy atom. The highest BCUT2D eigenvalue weighted by atomic mass is 16.5. The van der Waals surface area contributed by atoms with Crippen molar-refractivity contribution in [2.24, 2.45) is 5.92 Å². The zero-order valence-electron chi connectivity index (χ0n) is 12.8. The predicted octanol–water partition coefficient (Wildman–Crippen LogP) is 5.25. The zero-order valence-corrected chi connectivity index (χ0v) is 12.8. The molecule has 1 aliphatic rings. The van der Waals surface area contributed by atoms with Crippen LogP contribution in [-0.4, -0.2) is 12.6 Å². The number of carbonyl (C=O) groups is 1. The highest BCUT2D eigenvalue weighted by Gasteiger charge is 2.13. The van der Waals surface area contributed by atoms with Gasteiger partial charge in [0.25, 0.3) is 0 Å². The van der Waals surface area contributed by atoms with Crippen molar-refractivity contribution in [3.63, 3.8) is 0 Å². The summed E-state index contributed by atoms with van der Waals surface area (Å²) in [7, 11) is 0. The number of hydrogen-bond acceptors (Lipinski definition) is 2. The lowest BCUT2D eigenvalue weighted by Gasteiger charge is -2.11. The van der Waals surface area contributed by atoms with Gasteiger partial charge in [0.15, 0.2) is 0 Å². The predicted molar refractivity (Wildman–Crippen MR) is 80.1 cm³/mol. The van der Waals surface area contributed by atoms with E-state index < -0.39 is 0 Å². The summed E-state index contributed by atoms with van der Waals surface area (Å²) in [6, 6.07) is 0. The fraction of sp³-hybridized carbons (Fsp3) is 0.941. The lowest BCUT2D eigenvalue weighted by Crippen LogP contribution is -2.15. The minimum absolute atomic E-state index is 0.0179. The molecule has 0 radical (unpaired) electrons. The first kappa shape index (κ1) is 16.5. The van der Waals surface area contributed by atoms with Crippen LogP contribution in [0.4, 0.5) is 0 Å². The maximum Gasteiger partial charge on any atom is 0.308 e. The number of cyclic esters (lactones) is 1. The molecular formula is C17H32O2. The Morgan fingerprint density at radius 1 is 0.737 bits per heavy atom. The first-order valence-corrected chi connectivity index (χ1v) is 8.47. The Hall–Kier alpha value is -0.530. The Balaban J connectivity index is 2.21. The molecule has 0 aromatic carbocycles. The van der Waals surface area contributed by atoms with Crippen LogP contribution in [0.15, 0.2) is 0 Å². The lowest BCUT2D eigenvalue weighted by atomic mass is 10.0. The second kappa shape index (κ2) is 11.3. The van der Waals surface area contributed by atoms with E-state index in [1.807, 2.05) is 6.92 Å². The van der Waals surface area contributed by atoms with Crippen molar-refractivity contribution in [1.82, 2.24) is 0 Å². The SMILES string of the molecule is CC1CCCCCCCCCCCCCCOC1=O. The van der Waals surface area contributed by atoms with Crippen LogP contribution >= 0.6 is 0 Å². The molecule has 0 amide bonds. The van der Waals surface area contributed by atoms with Crippen molar-refractivity contribution in [1.29, 1.82) is 0 Å². The van der Waals surface area contributed by atoms with Gasteiger partial charge in [0, 0.05) is 0 Å². The molecular weight excluding hydrogens is 236 g/mol. The average molecular weight is 268 g/mol. The second-order valence-corrected chi connectivity index (χ2v) is 6.10. The van der Waals surface area contributed by atoms with Crippen molar-refractivity contribution in [3.05, 3.63) is 0 Å². The monoisotopic (exact) mass is 268 g/mol. The first-order chi connectivity index (χ1) is 9.30. The molecule has 1 saturated heterocycles. The van der Waals surface area contributed by atoms with Crippen LogP contribution in [0.1, 0.15) is 90.4 Å². The first-order valence-electron chi connectivity index (χ1n) is 8.47. The number of esters is 1. The van der Waals surface area contributed by atoms with Crippen LogP contribution in [0.3, 0.4) is 0 Å². The number of ether oxygens (including phenoxy) is 1. The van der Waals surface area contributed by atoms with E-state index in [1.54, 1.807) is 0 Å². The van der Waals surface area contributed by atoms with E-state index in [4.69, 9.17) is 4.74 Å². The Morgan fingerprint density at radius 3 is 1.68 bits per heavy atom. The third-order valence-corrected chi connectivity index (χ3v) is 4.18. The summed E-state index contributed by atoms with van der Waals surface area (Å²) >= 11 is 0. The molecule has 1 aliphatic heterocycles. The Labute approximate surface area is 119 Å². The Kier molecular flexibility index (Phi) is 9.84. The molecule has 2 heteroatoms. The summed E-state index contributed by atoms with van der Waals surface area (Å²) < 4.78 is 5.34. The molecule has 1 heterocycles. The van der Waals surface area contributed by atoms with Crippen molar-refractivity contribution in [2.75, 3.05) is 6.61 Å². The summed E-state index contributed by atoms with van der Waals surface area (Å²) in [6.07, 6.45) is 16.7.